The van der Waals surface area contributed by atoms with Gasteiger partial charge in [0.2, 0.25) is 0 Å². The lowest BCUT2D eigenvalue weighted by Gasteiger charge is -2.18. The molecule has 0 aliphatic carbocycles. The van der Waals surface area contributed by atoms with Gasteiger partial charge in [0, 0.05) is 12.6 Å². The molecule has 0 saturated carbocycles. The van der Waals surface area contributed by atoms with Gasteiger partial charge >= 0.3 is 0 Å². The summed E-state index contributed by atoms with van der Waals surface area (Å²) in [6.07, 6.45) is 1.03. The summed E-state index contributed by atoms with van der Waals surface area (Å²) in [5.41, 5.74) is 2.42. The zero-order valence-corrected chi connectivity index (χ0v) is 14.4. The van der Waals surface area contributed by atoms with Crippen LogP contribution in [-0.4, -0.2) is 5.11 Å². The minimum absolute atomic E-state index is 0.240. The van der Waals surface area contributed by atoms with Crippen molar-refractivity contribution in [1.82, 2.24) is 5.32 Å². The number of phenols is 1. The van der Waals surface area contributed by atoms with Gasteiger partial charge in [-0.25, -0.2) is 0 Å². The molecule has 2 N–H and O–H groups in total. The lowest BCUT2D eigenvalue weighted by atomic mass is 10.0. The molecule has 2 aromatic carbocycles. The van der Waals surface area contributed by atoms with E-state index in [1.54, 1.807) is 0 Å². The molecule has 0 aliphatic rings. The monoisotopic (exact) mass is 397 g/mol. The fourth-order valence-corrected chi connectivity index (χ4v) is 3.43. The molecule has 1 atom stereocenters. The fourth-order valence-electron chi connectivity index (χ4n) is 2.14. The molecule has 2 rings (SSSR count). The summed E-state index contributed by atoms with van der Waals surface area (Å²) in [5, 5.41) is 13.3. The van der Waals surface area contributed by atoms with Crippen LogP contribution in [0, 0.1) is 0 Å². The van der Waals surface area contributed by atoms with Crippen molar-refractivity contribution in [3.8, 4) is 5.75 Å². The summed E-state index contributed by atoms with van der Waals surface area (Å²) in [4.78, 5) is 0. The van der Waals surface area contributed by atoms with Gasteiger partial charge < -0.3 is 10.4 Å². The van der Waals surface area contributed by atoms with Gasteiger partial charge in [0.15, 0.2) is 0 Å². The van der Waals surface area contributed by atoms with Crippen LogP contribution in [0.2, 0.25) is 0 Å². The number of hydrogen-bond acceptors (Lipinski definition) is 2. The van der Waals surface area contributed by atoms with E-state index in [1.807, 2.05) is 18.2 Å². The zero-order valence-electron chi connectivity index (χ0n) is 11.2. The van der Waals surface area contributed by atoms with Crippen molar-refractivity contribution in [2.45, 2.75) is 25.9 Å². The second kappa shape index (κ2) is 7.25. The van der Waals surface area contributed by atoms with Crippen molar-refractivity contribution in [1.29, 1.82) is 0 Å². The Bertz CT molecular complexity index is 549. The molecule has 0 radical (unpaired) electrons. The number of rotatable bonds is 5. The molecule has 0 bridgehead atoms. The number of phenolic OH excluding ortho intramolecular Hbond substituents is 1. The van der Waals surface area contributed by atoms with Gasteiger partial charge in [0.25, 0.3) is 0 Å². The maximum atomic E-state index is 9.72. The fraction of sp³-hybridized carbons (Fsp3) is 0.250. The van der Waals surface area contributed by atoms with Crippen LogP contribution in [0.5, 0.6) is 5.75 Å². The molecular formula is C16H17Br2NO. The van der Waals surface area contributed by atoms with E-state index in [0.29, 0.717) is 15.0 Å². The first-order valence-electron chi connectivity index (χ1n) is 6.57. The molecule has 0 aromatic heterocycles. The Morgan fingerprint density at radius 3 is 2.25 bits per heavy atom. The maximum absolute atomic E-state index is 9.72. The molecule has 0 amide bonds. The Balaban J connectivity index is 2.07. The first kappa shape index (κ1) is 15.5. The van der Waals surface area contributed by atoms with Gasteiger partial charge in [0.1, 0.15) is 5.75 Å². The molecule has 0 spiro atoms. The molecule has 0 aliphatic heterocycles. The molecule has 20 heavy (non-hydrogen) atoms. The Morgan fingerprint density at radius 2 is 1.70 bits per heavy atom. The van der Waals surface area contributed by atoms with Crippen LogP contribution in [0.25, 0.3) is 0 Å². The smallest absolute Gasteiger partial charge is 0.143 e. The SMILES string of the molecule is CCC(NCc1cc(Br)c(O)c(Br)c1)c1ccccc1. The molecule has 0 fully saturated rings. The highest BCUT2D eigenvalue weighted by atomic mass is 79.9. The van der Waals surface area contributed by atoms with Crippen molar-refractivity contribution in [2.75, 3.05) is 0 Å². The van der Waals surface area contributed by atoms with E-state index in [9.17, 15) is 5.11 Å². The van der Waals surface area contributed by atoms with Crippen LogP contribution in [0.3, 0.4) is 0 Å². The largest absolute Gasteiger partial charge is 0.506 e. The number of nitrogens with one attached hydrogen (secondary N) is 1. The van der Waals surface area contributed by atoms with Gasteiger partial charge in [0.05, 0.1) is 8.95 Å². The minimum atomic E-state index is 0.240. The molecule has 1 unspecified atom stereocenters. The van der Waals surface area contributed by atoms with Crippen LogP contribution in [0.4, 0.5) is 0 Å². The van der Waals surface area contributed by atoms with E-state index in [1.165, 1.54) is 5.56 Å². The van der Waals surface area contributed by atoms with Crippen LogP contribution >= 0.6 is 31.9 Å². The highest BCUT2D eigenvalue weighted by Crippen LogP contribution is 2.33. The number of benzene rings is 2. The quantitative estimate of drug-likeness (QED) is 0.729. The van der Waals surface area contributed by atoms with Crippen molar-refractivity contribution in [2.24, 2.45) is 0 Å². The molecule has 4 heteroatoms. The van der Waals surface area contributed by atoms with E-state index in [4.69, 9.17) is 0 Å². The normalized spacial score (nSPS) is 12.3. The summed E-state index contributed by atoms with van der Waals surface area (Å²) in [6, 6.07) is 14.6. The third-order valence-electron chi connectivity index (χ3n) is 3.24. The summed E-state index contributed by atoms with van der Waals surface area (Å²) in [6.45, 7) is 2.93. The Kier molecular flexibility index (Phi) is 5.64. The van der Waals surface area contributed by atoms with Crippen LogP contribution in [0.15, 0.2) is 51.4 Å². The van der Waals surface area contributed by atoms with E-state index in [2.05, 4.69) is 68.4 Å². The second-order valence-corrected chi connectivity index (χ2v) is 6.37. The first-order valence-corrected chi connectivity index (χ1v) is 8.15. The van der Waals surface area contributed by atoms with Crippen molar-refractivity contribution >= 4 is 31.9 Å². The van der Waals surface area contributed by atoms with E-state index >= 15 is 0 Å². The Hall–Kier alpha value is -0.840. The third kappa shape index (κ3) is 3.84. The predicted octanol–water partition coefficient (Wildman–Crippen LogP) is 5.16. The predicted molar refractivity (Wildman–Crippen MR) is 89.8 cm³/mol. The average molecular weight is 399 g/mol. The first-order chi connectivity index (χ1) is 9.61. The van der Waals surface area contributed by atoms with Gasteiger partial charge in [-0.1, -0.05) is 37.3 Å². The third-order valence-corrected chi connectivity index (χ3v) is 4.45. The topological polar surface area (TPSA) is 32.3 Å². The maximum Gasteiger partial charge on any atom is 0.143 e. The highest BCUT2D eigenvalue weighted by Gasteiger charge is 2.10. The van der Waals surface area contributed by atoms with E-state index < -0.39 is 0 Å². The Morgan fingerprint density at radius 1 is 1.10 bits per heavy atom. The minimum Gasteiger partial charge on any atom is -0.506 e. The van der Waals surface area contributed by atoms with Gasteiger partial charge in [-0.15, -0.1) is 0 Å². The number of hydrogen-bond donors (Lipinski definition) is 2. The molecule has 0 heterocycles. The van der Waals surface area contributed by atoms with Crippen molar-refractivity contribution in [3.05, 3.63) is 62.5 Å². The van der Waals surface area contributed by atoms with E-state index in [0.717, 1.165) is 18.5 Å². The number of halogens is 2. The summed E-state index contributed by atoms with van der Waals surface area (Å²) in [5.74, 6) is 0.240. The molecule has 106 valence electrons. The van der Waals surface area contributed by atoms with E-state index in [-0.39, 0.29) is 5.75 Å². The molecule has 2 nitrogen and oxygen atoms in total. The highest BCUT2D eigenvalue weighted by molar-refractivity contribution is 9.11. The Labute approximate surface area is 136 Å². The standard InChI is InChI=1S/C16H17Br2NO/c1-2-15(12-6-4-3-5-7-12)19-10-11-8-13(17)16(20)14(18)9-11/h3-9,15,19-20H,2,10H2,1H3. The molecule has 2 aromatic rings. The summed E-state index contributed by atoms with van der Waals surface area (Å²) >= 11 is 6.72. The number of aromatic hydroxyl groups is 1. The zero-order chi connectivity index (χ0) is 14.5. The van der Waals surface area contributed by atoms with Crippen molar-refractivity contribution < 1.29 is 5.11 Å². The summed E-state index contributed by atoms with van der Waals surface area (Å²) < 4.78 is 1.41. The van der Waals surface area contributed by atoms with Crippen molar-refractivity contribution in [3.63, 3.8) is 0 Å². The van der Waals surface area contributed by atoms with Crippen LogP contribution in [0.1, 0.15) is 30.5 Å². The van der Waals surface area contributed by atoms with Gasteiger partial charge in [-0.2, -0.15) is 0 Å². The lowest BCUT2D eigenvalue weighted by Crippen LogP contribution is -2.20. The van der Waals surface area contributed by atoms with Gasteiger partial charge in [-0.3, -0.25) is 0 Å². The van der Waals surface area contributed by atoms with Crippen LogP contribution in [-0.2, 0) is 6.54 Å². The van der Waals surface area contributed by atoms with Crippen LogP contribution < -0.4 is 5.32 Å². The lowest BCUT2D eigenvalue weighted by molar-refractivity contribution is 0.467. The molecule has 0 saturated heterocycles. The average Bonchev–Trinajstić information content (AvgIpc) is 2.46. The molecular weight excluding hydrogens is 382 g/mol. The van der Waals surface area contributed by atoms with Gasteiger partial charge in [-0.05, 0) is 61.5 Å². The second-order valence-electron chi connectivity index (χ2n) is 4.66. The summed E-state index contributed by atoms with van der Waals surface area (Å²) in [7, 11) is 0.